The summed E-state index contributed by atoms with van der Waals surface area (Å²) in [5.74, 6) is 2.06. The Hall–Kier alpha value is -3.10. The minimum absolute atomic E-state index is 0.0910. The molecule has 9 nitrogen and oxygen atoms in total. The van der Waals surface area contributed by atoms with Crippen molar-refractivity contribution in [2.45, 2.75) is 13.8 Å². The van der Waals surface area contributed by atoms with Crippen LogP contribution in [0.15, 0.2) is 47.5 Å². The van der Waals surface area contributed by atoms with Crippen LogP contribution >= 0.6 is 7.75 Å². The molecule has 0 bridgehead atoms. The molecule has 10 heteroatoms. The average Bonchev–Trinajstić information content (AvgIpc) is 2.90. The van der Waals surface area contributed by atoms with Crippen molar-refractivity contribution >= 4 is 25.7 Å². The van der Waals surface area contributed by atoms with E-state index >= 15 is 0 Å². The van der Waals surface area contributed by atoms with Crippen LogP contribution in [0.5, 0.6) is 23.0 Å². The van der Waals surface area contributed by atoms with E-state index in [0.717, 1.165) is 11.1 Å². The molecule has 0 unspecified atom stereocenters. The third kappa shape index (κ3) is 6.62. The molecule has 2 aromatic rings. The van der Waals surface area contributed by atoms with E-state index in [2.05, 4.69) is 0 Å². The largest absolute Gasteiger partial charge is 0.493 e. The SMILES string of the molecule is CCOP(=O)(OCC)N1C/C(=C\c2ccc(OC)c(OC)c2)C(=O)/C(=C/c2ccc(OC)c(OC)c2)C1. The fourth-order valence-electron chi connectivity index (χ4n) is 4.01. The Morgan fingerprint density at radius 1 is 0.730 bits per heavy atom. The number of nitrogens with zero attached hydrogens (tertiary/aromatic N) is 1. The minimum atomic E-state index is -3.65. The summed E-state index contributed by atoms with van der Waals surface area (Å²) in [5, 5.41) is 0. The first kappa shape index (κ1) is 28.5. The maximum atomic E-state index is 13.7. The molecule has 1 saturated heterocycles. The topological polar surface area (TPSA) is 92.8 Å². The van der Waals surface area contributed by atoms with Crippen LogP contribution in [-0.2, 0) is 18.4 Å². The molecule has 1 fully saturated rings. The van der Waals surface area contributed by atoms with Crippen molar-refractivity contribution in [2.24, 2.45) is 0 Å². The number of rotatable bonds is 11. The van der Waals surface area contributed by atoms with E-state index < -0.39 is 7.75 Å². The lowest BCUT2D eigenvalue weighted by atomic mass is 9.95. The summed E-state index contributed by atoms with van der Waals surface area (Å²) in [7, 11) is 2.56. The lowest BCUT2D eigenvalue weighted by molar-refractivity contribution is -0.113. The first-order valence-corrected chi connectivity index (χ1v) is 13.4. The van der Waals surface area contributed by atoms with E-state index in [1.807, 2.05) is 12.1 Å². The van der Waals surface area contributed by atoms with Gasteiger partial charge in [0, 0.05) is 24.2 Å². The fraction of sp³-hybridized carbons (Fsp3) is 0.370. The van der Waals surface area contributed by atoms with Gasteiger partial charge < -0.3 is 18.9 Å². The van der Waals surface area contributed by atoms with Gasteiger partial charge in [0.25, 0.3) is 0 Å². The van der Waals surface area contributed by atoms with Gasteiger partial charge in [0.15, 0.2) is 28.8 Å². The molecule has 3 rings (SSSR count). The van der Waals surface area contributed by atoms with Crippen LogP contribution in [0.1, 0.15) is 25.0 Å². The zero-order valence-corrected chi connectivity index (χ0v) is 23.0. The van der Waals surface area contributed by atoms with Gasteiger partial charge in [0.05, 0.1) is 41.7 Å². The highest BCUT2D eigenvalue weighted by atomic mass is 31.2. The molecule has 0 aromatic heterocycles. The van der Waals surface area contributed by atoms with Crippen LogP contribution in [0.4, 0.5) is 0 Å². The number of piperidine rings is 1. The van der Waals surface area contributed by atoms with Crippen LogP contribution in [-0.4, -0.2) is 65.2 Å². The molecule has 1 aliphatic heterocycles. The number of hydrogen-bond donors (Lipinski definition) is 0. The predicted molar refractivity (Wildman–Crippen MR) is 142 cm³/mol. The third-order valence-electron chi connectivity index (χ3n) is 5.72. The van der Waals surface area contributed by atoms with Crippen molar-refractivity contribution in [2.75, 3.05) is 54.7 Å². The molecule has 0 amide bonds. The number of carbonyl (C=O) groups excluding carboxylic acids is 1. The number of Topliss-reactive ketones (excluding diaryl/α,β-unsaturated/α-hetero) is 1. The summed E-state index contributed by atoms with van der Waals surface area (Å²) in [6.07, 6.45) is 3.50. The van der Waals surface area contributed by atoms with Gasteiger partial charge in [-0.3, -0.25) is 13.8 Å². The van der Waals surface area contributed by atoms with Crippen molar-refractivity contribution in [3.8, 4) is 23.0 Å². The lowest BCUT2D eigenvalue weighted by Crippen LogP contribution is -2.36. The van der Waals surface area contributed by atoms with Gasteiger partial charge in [0.1, 0.15) is 0 Å². The van der Waals surface area contributed by atoms with Crippen molar-refractivity contribution in [1.82, 2.24) is 4.67 Å². The van der Waals surface area contributed by atoms with Crippen LogP contribution in [0.3, 0.4) is 0 Å². The summed E-state index contributed by atoms with van der Waals surface area (Å²) in [6, 6.07) is 10.7. The highest BCUT2D eigenvalue weighted by Gasteiger charge is 2.39. The van der Waals surface area contributed by atoms with E-state index in [-0.39, 0.29) is 32.1 Å². The molecule has 0 spiro atoms. The Bertz CT molecular complexity index is 1140. The number of ketones is 1. The molecular formula is C27H34NO8P. The van der Waals surface area contributed by atoms with Gasteiger partial charge >= 0.3 is 7.75 Å². The van der Waals surface area contributed by atoms with Gasteiger partial charge in [-0.25, -0.2) is 4.57 Å². The number of hydrogen-bond acceptors (Lipinski definition) is 8. The number of ether oxygens (including phenoxy) is 4. The second-order valence-electron chi connectivity index (χ2n) is 8.02. The van der Waals surface area contributed by atoms with Gasteiger partial charge in [0.2, 0.25) is 0 Å². The molecule has 0 atom stereocenters. The Morgan fingerprint density at radius 2 is 1.14 bits per heavy atom. The Labute approximate surface area is 218 Å². The minimum Gasteiger partial charge on any atom is -0.493 e. The highest BCUT2D eigenvalue weighted by molar-refractivity contribution is 7.51. The van der Waals surface area contributed by atoms with E-state index in [9.17, 15) is 9.36 Å². The maximum absolute atomic E-state index is 13.7. The van der Waals surface area contributed by atoms with E-state index in [0.29, 0.717) is 34.1 Å². The van der Waals surface area contributed by atoms with Crippen molar-refractivity contribution < 1.29 is 37.4 Å². The highest BCUT2D eigenvalue weighted by Crippen LogP contribution is 2.53. The fourth-order valence-corrected chi connectivity index (χ4v) is 5.71. The van der Waals surface area contributed by atoms with Crippen molar-refractivity contribution in [3.05, 3.63) is 58.7 Å². The molecule has 0 aliphatic carbocycles. The molecule has 1 aliphatic rings. The van der Waals surface area contributed by atoms with Crippen LogP contribution < -0.4 is 18.9 Å². The van der Waals surface area contributed by atoms with Crippen LogP contribution in [0.25, 0.3) is 12.2 Å². The second kappa shape index (κ2) is 12.9. The number of methoxy groups -OCH3 is 4. The average molecular weight is 532 g/mol. The van der Waals surface area contributed by atoms with Crippen LogP contribution in [0, 0.1) is 0 Å². The number of carbonyl (C=O) groups is 1. The molecule has 0 saturated carbocycles. The Kier molecular flexibility index (Phi) is 9.94. The van der Waals surface area contributed by atoms with Crippen molar-refractivity contribution in [1.29, 1.82) is 0 Å². The van der Waals surface area contributed by atoms with Crippen molar-refractivity contribution in [3.63, 3.8) is 0 Å². The Balaban J connectivity index is 2.10. The van der Waals surface area contributed by atoms with Gasteiger partial charge in [-0.2, -0.15) is 4.67 Å². The van der Waals surface area contributed by atoms with E-state index in [1.54, 1.807) is 83.4 Å². The zero-order chi connectivity index (χ0) is 27.0. The molecule has 0 N–H and O–H groups in total. The summed E-state index contributed by atoms with van der Waals surface area (Å²) in [5.41, 5.74) is 2.33. The first-order chi connectivity index (χ1) is 17.8. The first-order valence-electron chi connectivity index (χ1n) is 11.9. The molecule has 200 valence electrons. The van der Waals surface area contributed by atoms with Gasteiger partial charge in [-0.15, -0.1) is 0 Å². The Morgan fingerprint density at radius 3 is 1.49 bits per heavy atom. The standard InChI is InChI=1S/C27H34NO8P/c1-7-35-37(30,36-8-2)28-17-21(13-19-9-11-23(31-3)25(15-19)33-5)27(29)22(18-28)14-20-10-12-24(32-4)26(16-20)34-6/h9-16H,7-8,17-18H2,1-6H3/b21-13+,22-14+. The number of benzene rings is 2. The molecule has 2 aromatic carbocycles. The normalized spacial score (nSPS) is 16.8. The summed E-state index contributed by atoms with van der Waals surface area (Å²) in [6.45, 7) is 4.08. The molecular weight excluding hydrogens is 497 g/mol. The monoisotopic (exact) mass is 531 g/mol. The van der Waals surface area contributed by atoms with E-state index in [1.165, 1.54) is 0 Å². The zero-order valence-electron chi connectivity index (χ0n) is 22.1. The summed E-state index contributed by atoms with van der Waals surface area (Å²) >= 11 is 0. The third-order valence-corrected chi connectivity index (χ3v) is 7.86. The molecule has 0 radical (unpaired) electrons. The van der Waals surface area contributed by atoms with Gasteiger partial charge in [-0.05, 0) is 61.4 Å². The maximum Gasteiger partial charge on any atom is 0.408 e. The van der Waals surface area contributed by atoms with Crippen LogP contribution in [0.2, 0.25) is 0 Å². The molecule has 1 heterocycles. The molecule has 37 heavy (non-hydrogen) atoms. The summed E-state index contributed by atoms with van der Waals surface area (Å²) < 4.78 is 47.9. The van der Waals surface area contributed by atoms with E-state index in [4.69, 9.17) is 28.0 Å². The predicted octanol–water partition coefficient (Wildman–Crippen LogP) is 5.25. The lowest BCUT2D eigenvalue weighted by Gasteiger charge is -2.34. The smallest absolute Gasteiger partial charge is 0.408 e. The second-order valence-corrected chi connectivity index (χ2v) is 10.0. The quantitative estimate of drug-likeness (QED) is 0.285. The van der Waals surface area contributed by atoms with Gasteiger partial charge in [-0.1, -0.05) is 12.1 Å². The summed E-state index contributed by atoms with van der Waals surface area (Å²) in [4.78, 5) is 13.6.